The van der Waals surface area contributed by atoms with Gasteiger partial charge in [0.15, 0.2) is 29.5 Å². The first-order chi connectivity index (χ1) is 46.1. The Morgan fingerprint density at radius 2 is 0.822 bits per heavy atom. The van der Waals surface area contributed by atoms with Gasteiger partial charge in [-0.1, -0.05) is 71.8 Å². The second kappa shape index (κ2) is 28.3. The summed E-state index contributed by atoms with van der Waals surface area (Å²) in [5.41, 5.74) is 4.57. The molecule has 0 aromatic heterocycles. The van der Waals surface area contributed by atoms with E-state index in [0.29, 0.717) is 53.2 Å². The zero-order valence-corrected chi connectivity index (χ0v) is 57.5. The lowest BCUT2D eigenvalue weighted by atomic mass is 9.80. The van der Waals surface area contributed by atoms with E-state index in [9.17, 15) is 47.9 Å². The Morgan fingerprint density at radius 1 is 0.485 bits per heavy atom. The summed E-state index contributed by atoms with van der Waals surface area (Å²) in [5, 5.41) is 13.2. The highest BCUT2D eigenvalue weighted by molar-refractivity contribution is 7.94. The summed E-state index contributed by atoms with van der Waals surface area (Å²) < 4.78 is 195. The van der Waals surface area contributed by atoms with Crippen LogP contribution in [0.3, 0.4) is 0 Å². The number of ether oxygens (including phenoxy) is 5. The number of nitrogens with one attached hydrogen (secondary N) is 2. The molecule has 0 unspecified atom stereocenters. The first-order valence-electron chi connectivity index (χ1n) is 32.5. The summed E-state index contributed by atoms with van der Waals surface area (Å²) in [6, 6.07) is 29.5. The van der Waals surface area contributed by atoms with Crippen molar-refractivity contribution >= 4 is 35.3 Å². The van der Waals surface area contributed by atoms with E-state index in [-0.39, 0.29) is 107 Å². The van der Waals surface area contributed by atoms with E-state index >= 15 is 8.78 Å². The molecule has 6 aromatic carbocycles. The van der Waals surface area contributed by atoms with Crippen LogP contribution in [0.15, 0.2) is 157 Å². The van der Waals surface area contributed by atoms with Crippen LogP contribution in [-0.4, -0.2) is 99.2 Å². The van der Waals surface area contributed by atoms with E-state index in [0.717, 1.165) is 31.7 Å². The first kappa shape index (κ1) is 77.7. The lowest BCUT2D eigenvalue weighted by Gasteiger charge is -2.54. The molecule has 0 bridgehead atoms. The highest BCUT2D eigenvalue weighted by Crippen LogP contribution is 2.55. The Kier molecular flexibility index (Phi) is 21.8. The van der Waals surface area contributed by atoms with Crippen molar-refractivity contribution in [2.24, 2.45) is 22.6 Å². The number of hydrogen-bond donors (Lipinski definition) is 4. The molecule has 5 saturated heterocycles. The summed E-state index contributed by atoms with van der Waals surface area (Å²) in [4.78, 5) is 4.64. The molecule has 548 valence electrons. The number of sulfone groups is 3. The fourth-order valence-electron chi connectivity index (χ4n) is 14.0. The Bertz CT molecular complexity index is 4470. The highest BCUT2D eigenvalue weighted by Gasteiger charge is 2.65. The van der Waals surface area contributed by atoms with Crippen molar-refractivity contribution in [3.8, 4) is 17.2 Å². The topological polar surface area (TPSA) is 231 Å². The number of phenols is 1. The third kappa shape index (κ3) is 13.9. The minimum absolute atomic E-state index is 0. The molecule has 8 aliphatic rings. The van der Waals surface area contributed by atoms with Crippen LogP contribution in [0, 0.1) is 46.7 Å². The third-order valence-electron chi connectivity index (χ3n) is 21.2. The molecule has 5 N–H and O–H groups in total. The number of nitrogens with zero attached hydrogens (tertiary/aromatic N) is 1. The van der Waals surface area contributed by atoms with E-state index < -0.39 is 124 Å². The maximum Gasteiger partial charge on any atom is 0.168 e. The number of hydrogen-bond acceptors (Lipinski definition) is 16. The molecule has 101 heavy (non-hydrogen) atoms. The van der Waals surface area contributed by atoms with E-state index in [4.69, 9.17) is 29.4 Å². The van der Waals surface area contributed by atoms with E-state index in [1.165, 1.54) is 86.6 Å². The number of halogens is 6. The highest BCUT2D eigenvalue weighted by atomic mass is 32.2. The van der Waals surface area contributed by atoms with Gasteiger partial charge >= 0.3 is 0 Å². The smallest absolute Gasteiger partial charge is 0.168 e. The molecule has 25 heteroatoms. The Morgan fingerprint density at radius 3 is 1.22 bits per heavy atom. The van der Waals surface area contributed by atoms with Gasteiger partial charge in [-0.25, -0.2) is 51.6 Å². The van der Waals surface area contributed by atoms with Crippen molar-refractivity contribution in [3.05, 3.63) is 220 Å². The monoisotopic (exact) mass is 1460 g/mol. The molecule has 9 atom stereocenters. The Labute approximate surface area is 589 Å². The number of fused-ring (bicyclic) bond motifs is 3. The van der Waals surface area contributed by atoms with Crippen molar-refractivity contribution in [3.63, 3.8) is 0 Å². The molecule has 7 fully saturated rings. The van der Waals surface area contributed by atoms with Gasteiger partial charge in [-0.15, -0.1) is 0 Å². The summed E-state index contributed by atoms with van der Waals surface area (Å²) in [6.45, 7) is 17.8. The van der Waals surface area contributed by atoms with Gasteiger partial charge in [0, 0.05) is 28.1 Å². The largest absolute Gasteiger partial charge is 0.508 e. The number of rotatable bonds is 12. The Balaban J connectivity index is 0.000000174. The SMILES string of the molecule is C.C.C.C=C1N[C@@]2(c3cc(O)ccc3F)CO[C@@H](c3ccc(F)cc3)C[C@H]2S(=O)(=O)C1(C)C.C=C1N[C@@]2(c3cc(OCC4CC4)ccc3F)CO[C@@H](c3ccc(F)cc3)C[C@H]2S(=O)(=O)C1(C)C.CC1(C)C(N)=N[C@@]2(c3cc(OCC4CC4)ccc3F)CO[C@@H](c3ccc(F)cc3)C[C@H]2S1(=O)=O. The van der Waals surface area contributed by atoms with E-state index in [2.05, 4.69) is 28.8 Å². The number of aliphatic imine (C=N–C) groups is 1. The predicted octanol–water partition coefficient (Wildman–Crippen LogP) is 14.4. The van der Waals surface area contributed by atoms with Crippen LogP contribution in [0.4, 0.5) is 26.3 Å². The molecule has 0 radical (unpaired) electrons. The second-order valence-electron chi connectivity index (χ2n) is 28.4. The normalized spacial score (nSPS) is 28.8. The lowest BCUT2D eigenvalue weighted by molar-refractivity contribution is -0.0424. The Hall–Kier alpha value is -7.42. The fourth-order valence-corrected chi connectivity index (χ4v) is 20.9. The number of phenolic OH excluding ortho intramolecular Hbond substituents is 1. The lowest BCUT2D eigenvalue weighted by Crippen LogP contribution is -2.69. The molecule has 6 aliphatic heterocycles. The van der Waals surface area contributed by atoms with Crippen LogP contribution in [0.2, 0.25) is 0 Å². The van der Waals surface area contributed by atoms with Crippen molar-refractivity contribution in [1.82, 2.24) is 10.6 Å². The van der Waals surface area contributed by atoms with Gasteiger partial charge in [0.2, 0.25) is 0 Å². The molecule has 14 rings (SSSR count). The third-order valence-corrected chi connectivity index (χ3v) is 30.2. The summed E-state index contributed by atoms with van der Waals surface area (Å²) in [5.74, 6) is -1.30. The predicted molar refractivity (Wildman–Crippen MR) is 378 cm³/mol. The standard InChI is InChI=1S/C26H29F2NO4S.C25H28F2N2O4S.C22H23F2NO4S.3CH4/c1-16-25(2,3)34(30,31)24-13-23(18-6-8-19(27)9-7-18)33-15-26(24,29-16)21-12-20(10-11-22(21)28)32-14-17-4-5-17;1-24(2)23(28)29-25(19-11-18(9-10-20(19)27)32-13-15-3-4-15)14-33-21(12-22(25)34(24,30)31)16-5-7-17(26)8-6-16;1-13-21(2,3)30(27,28)20-11-19(14-4-6-15(23)7-5-14)29-12-22(20,25-13)17-10-16(26)8-9-18(17)24;;;/h6-12,17,23-24,29H,1,4-5,13-15H2,2-3H3;5-11,15,21-22H,3-4,12-14H2,1-2H3,(H2,28,29);4-10,19-20,25-26H,1,11-12H2,2-3H3;3*1H4/t23-,24-,26-;21-,22-,25-;19-,20-,22-;;;/m111.../s1. The van der Waals surface area contributed by atoms with Crippen LogP contribution in [-0.2, 0) is 60.3 Å². The number of amidine groups is 1. The molecular formula is C76H92F6N4O12S3. The molecule has 0 spiro atoms. The molecule has 2 aliphatic carbocycles. The van der Waals surface area contributed by atoms with Gasteiger partial charge in [-0.2, -0.15) is 0 Å². The van der Waals surface area contributed by atoms with Crippen LogP contribution in [0.25, 0.3) is 0 Å². The molecule has 6 aromatic rings. The summed E-state index contributed by atoms with van der Waals surface area (Å²) in [6.07, 6.45) is 2.80. The second-order valence-corrected chi connectivity index (χ2v) is 36.5. The van der Waals surface area contributed by atoms with E-state index in [1.54, 1.807) is 76.2 Å². The summed E-state index contributed by atoms with van der Waals surface area (Å²) >= 11 is 0. The zero-order chi connectivity index (χ0) is 70.5. The first-order valence-corrected chi connectivity index (χ1v) is 37.2. The van der Waals surface area contributed by atoms with Crippen LogP contribution in [0.5, 0.6) is 17.2 Å². The maximum absolute atomic E-state index is 15.3. The van der Waals surface area contributed by atoms with Crippen molar-refractivity contribution in [1.29, 1.82) is 0 Å². The molecule has 0 amide bonds. The zero-order valence-electron chi connectivity index (χ0n) is 55.1. The quantitative estimate of drug-likeness (QED) is 0.0835. The average Bonchev–Trinajstić information content (AvgIpc) is 1.57. The maximum atomic E-state index is 15.3. The minimum Gasteiger partial charge on any atom is -0.508 e. The van der Waals surface area contributed by atoms with Crippen LogP contribution < -0.4 is 25.8 Å². The van der Waals surface area contributed by atoms with Gasteiger partial charge < -0.3 is 45.2 Å². The van der Waals surface area contributed by atoms with Crippen molar-refractivity contribution < 1.29 is 80.4 Å². The summed E-state index contributed by atoms with van der Waals surface area (Å²) in [7, 11) is -11.6. The van der Waals surface area contributed by atoms with Gasteiger partial charge in [0.05, 0.1) is 67.1 Å². The van der Waals surface area contributed by atoms with Gasteiger partial charge in [0.25, 0.3) is 0 Å². The van der Waals surface area contributed by atoms with Gasteiger partial charge in [-0.05, 0) is 206 Å². The molecule has 16 nitrogen and oxygen atoms in total. The van der Waals surface area contributed by atoms with Crippen molar-refractivity contribution in [2.75, 3.05) is 33.0 Å². The fraction of sp³-hybridized carbons (Fsp3) is 0.461. The van der Waals surface area contributed by atoms with Crippen molar-refractivity contribution in [2.45, 2.75) is 174 Å². The number of benzene rings is 6. The molecular weight excluding hydrogens is 1370 g/mol. The number of aromatic hydroxyl groups is 1. The van der Waals surface area contributed by atoms with Gasteiger partial charge in [0.1, 0.15) is 88.8 Å². The van der Waals surface area contributed by atoms with Crippen LogP contribution >= 0.6 is 0 Å². The average molecular weight is 1460 g/mol. The number of nitrogens with two attached hydrogens (primary N) is 1. The molecule has 6 heterocycles. The van der Waals surface area contributed by atoms with Crippen LogP contribution in [0.1, 0.15) is 160 Å². The van der Waals surface area contributed by atoms with E-state index in [1.807, 2.05) is 0 Å². The van der Waals surface area contributed by atoms with Gasteiger partial charge in [-0.3, -0.25) is 4.99 Å². The molecule has 2 saturated carbocycles. The minimum atomic E-state index is -3.93.